The number of carbonyl (C=O) groups excluding carboxylic acids is 1. The lowest BCUT2D eigenvalue weighted by atomic mass is 10.2. The van der Waals surface area contributed by atoms with E-state index in [9.17, 15) is 4.79 Å². The second-order valence-corrected chi connectivity index (χ2v) is 8.35. The molecule has 0 saturated heterocycles. The lowest BCUT2D eigenvalue weighted by Crippen LogP contribution is -2.44. The average molecular weight is 518 g/mol. The molecule has 1 unspecified atom stereocenters. The van der Waals surface area contributed by atoms with Crippen molar-refractivity contribution in [3.8, 4) is 0 Å². The lowest BCUT2D eigenvalue weighted by Gasteiger charge is -2.23. The third-order valence-electron chi connectivity index (χ3n) is 4.14. The van der Waals surface area contributed by atoms with Gasteiger partial charge in [-0.3, -0.25) is 4.99 Å². The number of hydrogen-bond donors (Lipinski definition) is 3. The molecule has 3 N–H and O–H groups in total. The fourth-order valence-electron chi connectivity index (χ4n) is 2.63. The Balaban J connectivity index is 0.00000420. The summed E-state index contributed by atoms with van der Waals surface area (Å²) in [4.78, 5) is 16.8. The summed E-state index contributed by atoms with van der Waals surface area (Å²) < 4.78 is 10.7. The van der Waals surface area contributed by atoms with Gasteiger partial charge in [0.25, 0.3) is 0 Å². The Morgan fingerprint density at radius 3 is 2.66 bits per heavy atom. The van der Waals surface area contributed by atoms with Crippen LogP contribution in [0.4, 0.5) is 4.79 Å². The maximum atomic E-state index is 12.1. The van der Waals surface area contributed by atoms with E-state index in [1.54, 1.807) is 6.26 Å². The van der Waals surface area contributed by atoms with Gasteiger partial charge in [0.1, 0.15) is 11.4 Å². The van der Waals surface area contributed by atoms with Gasteiger partial charge in [0, 0.05) is 19.5 Å². The molecule has 29 heavy (non-hydrogen) atoms. The maximum absolute atomic E-state index is 12.1. The van der Waals surface area contributed by atoms with Gasteiger partial charge >= 0.3 is 6.09 Å². The fraction of sp³-hybridized carbons (Fsp3) is 0.619. The molecule has 1 aromatic heterocycles. The lowest BCUT2D eigenvalue weighted by molar-refractivity contribution is 0.0500. The number of amides is 1. The van der Waals surface area contributed by atoms with Gasteiger partial charge in [-0.15, -0.1) is 24.0 Å². The summed E-state index contributed by atoms with van der Waals surface area (Å²) in [6.45, 7) is 13.3. The predicted molar refractivity (Wildman–Crippen MR) is 127 cm³/mol. The molecule has 0 aliphatic heterocycles. The number of guanidine groups is 1. The minimum absolute atomic E-state index is 0. The summed E-state index contributed by atoms with van der Waals surface area (Å²) in [7, 11) is 0. The van der Waals surface area contributed by atoms with Crippen molar-refractivity contribution in [1.82, 2.24) is 16.0 Å². The van der Waals surface area contributed by atoms with Crippen LogP contribution in [0.15, 0.2) is 40.0 Å². The summed E-state index contributed by atoms with van der Waals surface area (Å²) in [6.07, 6.45) is 4.27. The molecule has 1 aliphatic rings. The van der Waals surface area contributed by atoms with E-state index in [0.29, 0.717) is 31.5 Å². The molecular weight excluding hydrogens is 483 g/mol. The highest BCUT2D eigenvalue weighted by Gasteiger charge is 2.33. The third-order valence-corrected chi connectivity index (χ3v) is 4.14. The highest BCUT2D eigenvalue weighted by Crippen LogP contribution is 2.33. The first-order valence-electron chi connectivity index (χ1n) is 9.91. The van der Waals surface area contributed by atoms with Crippen molar-refractivity contribution >= 4 is 36.0 Å². The number of carbonyl (C=O) groups is 1. The van der Waals surface area contributed by atoms with Gasteiger partial charge in [0.05, 0.1) is 18.8 Å². The molecule has 1 aromatic rings. The first kappa shape index (κ1) is 25.3. The summed E-state index contributed by atoms with van der Waals surface area (Å²) in [5.41, 5.74) is 0.509. The maximum Gasteiger partial charge on any atom is 0.407 e. The highest BCUT2D eigenvalue weighted by molar-refractivity contribution is 14.0. The standard InChI is InChI=1S/C21H34N4O3.HI/c1-15(2)13-23-19(22-11-10-17-7-6-12-27-17)24-14-18(16-8-9-16)25-20(26)28-21(3,4)5;/h6-7,12,16,18H,1,8-11,13-14H2,2-5H3,(H,25,26)(H2,22,23,24);1H. The van der Waals surface area contributed by atoms with Crippen LogP contribution in [0, 0.1) is 5.92 Å². The molecule has 1 fully saturated rings. The normalized spacial score (nSPS) is 15.1. The van der Waals surface area contributed by atoms with Gasteiger partial charge in [-0.25, -0.2) is 4.79 Å². The summed E-state index contributed by atoms with van der Waals surface area (Å²) in [5, 5.41) is 9.56. The van der Waals surface area contributed by atoms with Crippen LogP contribution in [0.1, 0.15) is 46.3 Å². The SMILES string of the molecule is C=C(C)CNC(=NCC(NC(=O)OC(C)(C)C)C1CC1)NCCc1ccco1.I. The Labute approximate surface area is 191 Å². The monoisotopic (exact) mass is 518 g/mol. The summed E-state index contributed by atoms with van der Waals surface area (Å²) in [5.74, 6) is 2.09. The van der Waals surface area contributed by atoms with Crippen LogP contribution in [0.25, 0.3) is 0 Å². The van der Waals surface area contributed by atoms with Crippen molar-refractivity contribution in [2.45, 2.75) is 58.6 Å². The summed E-state index contributed by atoms with van der Waals surface area (Å²) in [6, 6.07) is 3.81. The van der Waals surface area contributed by atoms with Crippen molar-refractivity contribution in [3.05, 3.63) is 36.3 Å². The molecule has 1 aliphatic carbocycles. The number of halogens is 1. The second kappa shape index (κ2) is 12.1. The number of furan rings is 1. The van der Waals surface area contributed by atoms with Crippen molar-refractivity contribution < 1.29 is 13.9 Å². The Hall–Kier alpha value is -1.71. The number of aliphatic imine (C=N–C) groups is 1. The smallest absolute Gasteiger partial charge is 0.407 e. The van der Waals surface area contributed by atoms with Gasteiger partial charge in [-0.1, -0.05) is 12.2 Å². The van der Waals surface area contributed by atoms with Crippen molar-refractivity contribution in [2.24, 2.45) is 10.9 Å². The van der Waals surface area contributed by atoms with Crippen LogP contribution < -0.4 is 16.0 Å². The van der Waals surface area contributed by atoms with E-state index in [4.69, 9.17) is 9.15 Å². The van der Waals surface area contributed by atoms with Gasteiger partial charge in [-0.05, 0) is 58.6 Å². The largest absolute Gasteiger partial charge is 0.469 e. The molecule has 0 bridgehead atoms. The topological polar surface area (TPSA) is 87.9 Å². The Kier molecular flexibility index (Phi) is 10.6. The zero-order valence-corrected chi connectivity index (χ0v) is 20.2. The number of nitrogens with zero attached hydrogens (tertiary/aromatic N) is 1. The van der Waals surface area contributed by atoms with Gasteiger partial charge in [-0.2, -0.15) is 0 Å². The van der Waals surface area contributed by atoms with Crippen LogP contribution in [0.2, 0.25) is 0 Å². The minimum atomic E-state index is -0.511. The molecule has 0 spiro atoms. The van der Waals surface area contributed by atoms with Crippen molar-refractivity contribution in [3.63, 3.8) is 0 Å². The van der Waals surface area contributed by atoms with Crippen LogP contribution in [0.5, 0.6) is 0 Å². The number of rotatable bonds is 9. The van der Waals surface area contributed by atoms with Gasteiger partial charge < -0.3 is 25.1 Å². The van der Waals surface area contributed by atoms with E-state index >= 15 is 0 Å². The zero-order valence-electron chi connectivity index (χ0n) is 17.9. The fourth-order valence-corrected chi connectivity index (χ4v) is 2.63. The van der Waals surface area contributed by atoms with Crippen molar-refractivity contribution in [2.75, 3.05) is 19.6 Å². The first-order chi connectivity index (χ1) is 13.2. The molecule has 0 aromatic carbocycles. The molecule has 8 heteroatoms. The number of ether oxygens (including phenoxy) is 1. The van der Waals surface area contributed by atoms with Crippen LogP contribution in [-0.4, -0.2) is 43.3 Å². The number of alkyl carbamates (subject to hydrolysis) is 1. The average Bonchev–Trinajstić information content (AvgIpc) is 3.30. The zero-order chi connectivity index (χ0) is 20.6. The van der Waals surface area contributed by atoms with E-state index in [1.165, 1.54) is 0 Å². The van der Waals surface area contributed by atoms with E-state index < -0.39 is 5.60 Å². The molecule has 0 radical (unpaired) electrons. The molecule has 1 atom stereocenters. The molecule has 1 saturated carbocycles. The molecule has 7 nitrogen and oxygen atoms in total. The second-order valence-electron chi connectivity index (χ2n) is 8.35. The van der Waals surface area contributed by atoms with E-state index in [2.05, 4.69) is 27.5 Å². The van der Waals surface area contributed by atoms with E-state index in [-0.39, 0.29) is 36.1 Å². The van der Waals surface area contributed by atoms with Crippen molar-refractivity contribution in [1.29, 1.82) is 0 Å². The van der Waals surface area contributed by atoms with Crippen LogP contribution in [-0.2, 0) is 11.2 Å². The van der Waals surface area contributed by atoms with Crippen LogP contribution in [0.3, 0.4) is 0 Å². The van der Waals surface area contributed by atoms with E-state index in [0.717, 1.165) is 30.6 Å². The molecule has 1 heterocycles. The van der Waals surface area contributed by atoms with Crippen LogP contribution >= 0.6 is 24.0 Å². The molecule has 164 valence electrons. The molecular formula is C21H35IN4O3. The Morgan fingerprint density at radius 2 is 2.10 bits per heavy atom. The number of nitrogens with one attached hydrogen (secondary N) is 3. The van der Waals surface area contributed by atoms with Gasteiger partial charge in [0.2, 0.25) is 0 Å². The Morgan fingerprint density at radius 1 is 1.38 bits per heavy atom. The molecule has 1 amide bonds. The first-order valence-corrected chi connectivity index (χ1v) is 9.91. The van der Waals surface area contributed by atoms with E-state index in [1.807, 2.05) is 39.8 Å². The minimum Gasteiger partial charge on any atom is -0.469 e. The third kappa shape index (κ3) is 11.2. The quantitative estimate of drug-likeness (QED) is 0.200. The Bertz CT molecular complexity index is 664. The summed E-state index contributed by atoms with van der Waals surface area (Å²) >= 11 is 0. The highest BCUT2D eigenvalue weighted by atomic mass is 127. The van der Waals surface area contributed by atoms with Gasteiger partial charge in [0.15, 0.2) is 5.96 Å². The number of hydrogen-bond acceptors (Lipinski definition) is 4. The predicted octanol–water partition coefficient (Wildman–Crippen LogP) is 3.85. The molecule has 2 rings (SSSR count).